The number of carbonyl (C=O) groups is 1. The molecule has 1 aromatic heterocycles. The number of rotatable bonds is 3. The number of halogens is 2. The minimum absolute atomic E-state index is 0.115. The quantitative estimate of drug-likeness (QED) is 0.807. The monoisotopic (exact) mass is 260 g/mol. The molecule has 16 heavy (non-hydrogen) atoms. The van der Waals surface area contributed by atoms with E-state index in [1.165, 1.54) is 6.33 Å². The molecule has 7 heteroatoms. The molecular weight excluding hydrogens is 251 g/mol. The summed E-state index contributed by atoms with van der Waals surface area (Å²) in [5, 5.41) is 2.88. The lowest BCUT2D eigenvalue weighted by molar-refractivity contribution is -0.120. The summed E-state index contributed by atoms with van der Waals surface area (Å²) in [7, 11) is 0. The van der Waals surface area contributed by atoms with Crippen LogP contribution in [0.2, 0.25) is 10.2 Å². The molecule has 2 rings (SSSR count). The van der Waals surface area contributed by atoms with Crippen LogP contribution in [0.1, 0.15) is 12.8 Å². The number of aromatic nitrogens is 2. The maximum Gasteiger partial charge on any atom is 0.233 e. The van der Waals surface area contributed by atoms with Gasteiger partial charge in [0.2, 0.25) is 5.91 Å². The van der Waals surface area contributed by atoms with Gasteiger partial charge in [0.15, 0.2) is 11.0 Å². The van der Waals surface area contributed by atoms with Gasteiger partial charge in [-0.2, -0.15) is 0 Å². The maximum atomic E-state index is 11.8. The average molecular weight is 261 g/mol. The molecule has 1 amide bonds. The number of nitrogens with one attached hydrogen (secondary N) is 1. The van der Waals surface area contributed by atoms with Gasteiger partial charge < -0.3 is 11.1 Å². The van der Waals surface area contributed by atoms with Crippen molar-refractivity contribution < 1.29 is 4.79 Å². The van der Waals surface area contributed by atoms with Crippen LogP contribution in [-0.2, 0) is 4.79 Å². The number of hydrogen-bond donors (Lipinski definition) is 2. The van der Waals surface area contributed by atoms with Crippen LogP contribution in [0.4, 0.5) is 5.82 Å². The van der Waals surface area contributed by atoms with Crippen LogP contribution in [0, 0.1) is 5.41 Å². The van der Waals surface area contributed by atoms with Gasteiger partial charge >= 0.3 is 0 Å². The Morgan fingerprint density at radius 3 is 2.75 bits per heavy atom. The Morgan fingerprint density at radius 1 is 1.50 bits per heavy atom. The number of anilines is 1. The van der Waals surface area contributed by atoms with E-state index in [9.17, 15) is 4.79 Å². The van der Waals surface area contributed by atoms with Crippen molar-refractivity contribution in [1.82, 2.24) is 9.97 Å². The first-order chi connectivity index (χ1) is 7.59. The zero-order chi connectivity index (χ0) is 11.8. The van der Waals surface area contributed by atoms with Crippen molar-refractivity contribution >= 4 is 34.9 Å². The third-order valence-corrected chi connectivity index (χ3v) is 3.45. The number of hydrogen-bond acceptors (Lipinski definition) is 4. The molecule has 5 nitrogen and oxygen atoms in total. The number of carbonyl (C=O) groups excluding carboxylic acids is 1. The predicted molar refractivity (Wildman–Crippen MR) is 61.4 cm³/mol. The second-order valence-corrected chi connectivity index (χ2v) is 4.50. The van der Waals surface area contributed by atoms with E-state index in [4.69, 9.17) is 28.9 Å². The lowest BCUT2D eigenvalue weighted by atomic mass is 10.1. The minimum atomic E-state index is -0.444. The Morgan fingerprint density at radius 2 is 2.19 bits per heavy atom. The summed E-state index contributed by atoms with van der Waals surface area (Å²) in [6.07, 6.45) is 2.84. The van der Waals surface area contributed by atoms with Gasteiger partial charge in [0, 0.05) is 6.54 Å². The summed E-state index contributed by atoms with van der Waals surface area (Å²) in [6, 6.07) is 0. The van der Waals surface area contributed by atoms with Gasteiger partial charge in [-0.25, -0.2) is 9.97 Å². The fourth-order valence-corrected chi connectivity index (χ4v) is 1.63. The van der Waals surface area contributed by atoms with Crippen molar-refractivity contribution in [2.24, 2.45) is 11.1 Å². The van der Waals surface area contributed by atoms with Crippen LogP contribution in [0.25, 0.3) is 0 Å². The van der Waals surface area contributed by atoms with E-state index in [0.717, 1.165) is 12.8 Å². The molecule has 0 unspecified atom stereocenters. The topological polar surface area (TPSA) is 80.9 Å². The molecule has 0 bridgehead atoms. The highest BCUT2D eigenvalue weighted by Crippen LogP contribution is 2.45. The molecule has 1 aliphatic carbocycles. The van der Waals surface area contributed by atoms with Crippen LogP contribution in [-0.4, -0.2) is 22.4 Å². The van der Waals surface area contributed by atoms with Crippen LogP contribution in [0.3, 0.4) is 0 Å². The molecule has 0 aromatic carbocycles. The van der Waals surface area contributed by atoms with Crippen LogP contribution < -0.4 is 11.1 Å². The van der Waals surface area contributed by atoms with Crippen LogP contribution in [0.15, 0.2) is 6.33 Å². The molecule has 3 N–H and O–H groups in total. The van der Waals surface area contributed by atoms with E-state index in [1.54, 1.807) is 0 Å². The molecule has 1 heterocycles. The molecule has 0 radical (unpaired) electrons. The number of nitrogens with two attached hydrogens (primary N) is 1. The summed E-state index contributed by atoms with van der Waals surface area (Å²) >= 11 is 11.6. The maximum absolute atomic E-state index is 11.8. The van der Waals surface area contributed by atoms with E-state index >= 15 is 0 Å². The second-order valence-electron chi connectivity index (χ2n) is 3.77. The summed E-state index contributed by atoms with van der Waals surface area (Å²) in [5.74, 6) is 0.0676. The van der Waals surface area contributed by atoms with Gasteiger partial charge in [-0.1, -0.05) is 23.2 Å². The molecule has 1 saturated carbocycles. The zero-order valence-electron chi connectivity index (χ0n) is 8.33. The van der Waals surface area contributed by atoms with E-state index < -0.39 is 5.41 Å². The third-order valence-electron chi connectivity index (χ3n) is 2.70. The van der Waals surface area contributed by atoms with Crippen LogP contribution in [0.5, 0.6) is 0 Å². The Bertz CT molecular complexity index is 434. The van der Waals surface area contributed by atoms with Crippen molar-refractivity contribution in [2.45, 2.75) is 12.8 Å². The molecule has 0 atom stereocenters. The lowest BCUT2D eigenvalue weighted by Gasteiger charge is -2.12. The zero-order valence-corrected chi connectivity index (χ0v) is 9.85. The third kappa shape index (κ3) is 1.98. The van der Waals surface area contributed by atoms with E-state index in [-0.39, 0.29) is 21.9 Å². The highest BCUT2D eigenvalue weighted by molar-refractivity contribution is 6.42. The SMILES string of the molecule is NCC1(C(=O)Nc2ncnc(Cl)c2Cl)CC1. The Balaban J connectivity index is 2.15. The van der Waals surface area contributed by atoms with E-state index in [1.807, 2.05) is 0 Å². The van der Waals surface area contributed by atoms with Crippen molar-refractivity contribution in [3.63, 3.8) is 0 Å². The van der Waals surface area contributed by atoms with Crippen molar-refractivity contribution in [2.75, 3.05) is 11.9 Å². The summed E-state index contributed by atoms with van der Waals surface area (Å²) in [6.45, 7) is 0.329. The first kappa shape index (κ1) is 11.6. The molecule has 0 aliphatic heterocycles. The minimum Gasteiger partial charge on any atom is -0.329 e. The number of nitrogens with zero attached hydrogens (tertiary/aromatic N) is 2. The molecule has 0 saturated heterocycles. The Labute approximate surface area is 102 Å². The first-order valence-corrected chi connectivity index (χ1v) is 5.52. The highest BCUT2D eigenvalue weighted by Gasteiger charge is 2.48. The fraction of sp³-hybridized carbons (Fsp3) is 0.444. The van der Waals surface area contributed by atoms with Gasteiger partial charge in [0.25, 0.3) is 0 Å². The van der Waals surface area contributed by atoms with E-state index in [2.05, 4.69) is 15.3 Å². The van der Waals surface area contributed by atoms with Crippen molar-refractivity contribution in [3.05, 3.63) is 16.5 Å². The molecule has 0 spiro atoms. The fourth-order valence-electron chi connectivity index (χ4n) is 1.35. The van der Waals surface area contributed by atoms with Gasteiger partial charge in [-0.3, -0.25) is 4.79 Å². The van der Waals surface area contributed by atoms with Gasteiger partial charge in [-0.05, 0) is 12.8 Å². The van der Waals surface area contributed by atoms with Crippen molar-refractivity contribution in [3.8, 4) is 0 Å². The van der Waals surface area contributed by atoms with Crippen LogP contribution >= 0.6 is 23.2 Å². The Kier molecular flexibility index (Phi) is 3.01. The van der Waals surface area contributed by atoms with Gasteiger partial charge in [0.1, 0.15) is 11.3 Å². The molecular formula is C9H10Cl2N4O. The molecule has 1 aromatic rings. The summed E-state index contributed by atoms with van der Waals surface area (Å²) < 4.78 is 0. The van der Waals surface area contributed by atoms with Gasteiger partial charge in [-0.15, -0.1) is 0 Å². The summed E-state index contributed by atoms with van der Waals surface area (Å²) in [5.41, 5.74) is 5.09. The smallest absolute Gasteiger partial charge is 0.233 e. The highest BCUT2D eigenvalue weighted by atomic mass is 35.5. The predicted octanol–water partition coefficient (Wildman–Crippen LogP) is 1.46. The largest absolute Gasteiger partial charge is 0.329 e. The number of amides is 1. The normalized spacial score (nSPS) is 16.9. The van der Waals surface area contributed by atoms with E-state index in [0.29, 0.717) is 6.54 Å². The second kappa shape index (κ2) is 4.16. The average Bonchev–Trinajstić information content (AvgIpc) is 3.05. The first-order valence-electron chi connectivity index (χ1n) is 4.76. The lowest BCUT2D eigenvalue weighted by Crippen LogP contribution is -2.31. The molecule has 86 valence electrons. The summed E-state index contributed by atoms with van der Waals surface area (Å²) in [4.78, 5) is 19.4. The molecule has 1 fully saturated rings. The van der Waals surface area contributed by atoms with Gasteiger partial charge in [0.05, 0.1) is 5.41 Å². The standard InChI is InChI=1S/C9H10Cl2N4O/c10-5-6(11)13-4-14-7(5)15-8(16)9(3-12)1-2-9/h4H,1-3,12H2,(H,13,14,15,16). The van der Waals surface area contributed by atoms with Crippen molar-refractivity contribution in [1.29, 1.82) is 0 Å². The molecule has 1 aliphatic rings. The Hall–Kier alpha value is -0.910.